The highest BCUT2D eigenvalue weighted by atomic mass is 32.1. The number of hydrogen-bond donors (Lipinski definition) is 1. The van der Waals surface area contributed by atoms with Gasteiger partial charge in [-0.1, -0.05) is 13.3 Å². The van der Waals surface area contributed by atoms with Crippen LogP contribution in [-0.2, 0) is 0 Å². The Kier molecular flexibility index (Phi) is 3.47. The summed E-state index contributed by atoms with van der Waals surface area (Å²) in [4.78, 5) is 1.47. The van der Waals surface area contributed by atoms with E-state index in [-0.39, 0.29) is 0 Å². The van der Waals surface area contributed by atoms with E-state index in [2.05, 4.69) is 25.3 Å². The molecule has 0 amide bonds. The van der Waals surface area contributed by atoms with Gasteiger partial charge in [-0.15, -0.1) is 11.3 Å². The first kappa shape index (κ1) is 11.2. The fraction of sp³-hybridized carbons (Fsp3) is 0.692. The van der Waals surface area contributed by atoms with Crippen LogP contribution in [0.3, 0.4) is 0 Å². The summed E-state index contributed by atoms with van der Waals surface area (Å²) in [6.45, 7) is 4.53. The lowest BCUT2D eigenvalue weighted by atomic mass is 9.74. The highest BCUT2D eigenvalue weighted by Crippen LogP contribution is 2.39. The second-order valence-electron chi connectivity index (χ2n) is 4.79. The smallest absolute Gasteiger partial charge is 0.0108 e. The third-order valence-corrected chi connectivity index (χ3v) is 4.75. The van der Waals surface area contributed by atoms with Crippen molar-refractivity contribution in [2.24, 2.45) is 11.7 Å². The molecule has 2 heteroatoms. The van der Waals surface area contributed by atoms with E-state index >= 15 is 0 Å². The van der Waals surface area contributed by atoms with Crippen molar-refractivity contribution in [3.63, 3.8) is 0 Å². The summed E-state index contributed by atoms with van der Waals surface area (Å²) in [5.41, 5.74) is 7.78. The van der Waals surface area contributed by atoms with Gasteiger partial charge >= 0.3 is 0 Å². The van der Waals surface area contributed by atoms with E-state index in [4.69, 9.17) is 5.73 Å². The second-order valence-corrected chi connectivity index (χ2v) is 5.91. The minimum atomic E-state index is 0.390. The molecule has 1 saturated carbocycles. The molecule has 0 spiro atoms. The average molecular weight is 223 g/mol. The maximum Gasteiger partial charge on any atom is 0.0108 e. The first-order valence-corrected chi connectivity index (χ1v) is 6.90. The Morgan fingerprint density at radius 3 is 2.87 bits per heavy atom. The quantitative estimate of drug-likeness (QED) is 0.813. The molecule has 3 unspecified atom stereocenters. The van der Waals surface area contributed by atoms with Gasteiger partial charge in [0, 0.05) is 16.8 Å². The third-order valence-electron chi connectivity index (χ3n) is 3.89. The van der Waals surface area contributed by atoms with Gasteiger partial charge in [0.25, 0.3) is 0 Å². The molecule has 1 aromatic rings. The van der Waals surface area contributed by atoms with Crippen LogP contribution in [-0.4, -0.2) is 6.04 Å². The summed E-state index contributed by atoms with van der Waals surface area (Å²) in [5, 5.41) is 2.20. The molecule has 1 fully saturated rings. The zero-order valence-electron chi connectivity index (χ0n) is 9.70. The Labute approximate surface area is 96.7 Å². The summed E-state index contributed by atoms with van der Waals surface area (Å²) >= 11 is 1.85. The second kappa shape index (κ2) is 4.67. The van der Waals surface area contributed by atoms with Gasteiger partial charge in [-0.3, -0.25) is 0 Å². The molecule has 1 heterocycles. The lowest BCUT2D eigenvalue weighted by molar-refractivity contribution is 0.282. The number of aryl methyl sites for hydroxylation is 1. The van der Waals surface area contributed by atoms with Gasteiger partial charge in [-0.2, -0.15) is 0 Å². The molecular formula is C13H21NS. The van der Waals surface area contributed by atoms with E-state index in [0.29, 0.717) is 12.0 Å². The van der Waals surface area contributed by atoms with Crippen LogP contribution in [0.15, 0.2) is 11.4 Å². The van der Waals surface area contributed by atoms with Crippen LogP contribution in [0.2, 0.25) is 0 Å². The van der Waals surface area contributed by atoms with Gasteiger partial charge in [0.1, 0.15) is 0 Å². The predicted octanol–water partition coefficient (Wildman–Crippen LogP) is 3.68. The van der Waals surface area contributed by atoms with Gasteiger partial charge < -0.3 is 5.73 Å². The standard InChI is InChI=1S/C13H21NS/c1-3-10-4-5-13(14)12(8-10)11-6-7-15-9(11)2/h6-7,10,12-13H,3-5,8,14H2,1-2H3. The topological polar surface area (TPSA) is 26.0 Å². The van der Waals surface area contributed by atoms with Crippen LogP contribution >= 0.6 is 11.3 Å². The lowest BCUT2D eigenvalue weighted by Crippen LogP contribution is -2.34. The highest BCUT2D eigenvalue weighted by Gasteiger charge is 2.29. The maximum absolute atomic E-state index is 6.26. The molecule has 15 heavy (non-hydrogen) atoms. The average Bonchev–Trinajstić information content (AvgIpc) is 2.65. The molecule has 0 radical (unpaired) electrons. The number of thiophene rings is 1. The third kappa shape index (κ3) is 2.26. The van der Waals surface area contributed by atoms with E-state index in [1.807, 2.05) is 11.3 Å². The van der Waals surface area contributed by atoms with E-state index in [0.717, 1.165) is 5.92 Å². The molecule has 2 N–H and O–H groups in total. The van der Waals surface area contributed by atoms with Gasteiger partial charge in [-0.25, -0.2) is 0 Å². The van der Waals surface area contributed by atoms with Crippen molar-refractivity contribution in [3.05, 3.63) is 21.9 Å². The Balaban J connectivity index is 2.16. The molecule has 3 atom stereocenters. The van der Waals surface area contributed by atoms with E-state index in [9.17, 15) is 0 Å². The molecule has 0 bridgehead atoms. The first-order chi connectivity index (χ1) is 7.22. The Hall–Kier alpha value is -0.340. The van der Waals surface area contributed by atoms with Crippen molar-refractivity contribution >= 4 is 11.3 Å². The van der Waals surface area contributed by atoms with Gasteiger partial charge in [-0.05, 0) is 49.1 Å². The molecule has 1 aliphatic rings. The van der Waals surface area contributed by atoms with E-state index in [1.54, 1.807) is 0 Å². The van der Waals surface area contributed by atoms with Gasteiger partial charge in [0.2, 0.25) is 0 Å². The van der Waals surface area contributed by atoms with Gasteiger partial charge in [0.05, 0.1) is 0 Å². The zero-order chi connectivity index (χ0) is 10.8. The van der Waals surface area contributed by atoms with Crippen LogP contribution in [0.4, 0.5) is 0 Å². The Morgan fingerprint density at radius 2 is 2.27 bits per heavy atom. The summed E-state index contributed by atoms with van der Waals surface area (Å²) in [6.07, 6.45) is 5.15. The zero-order valence-corrected chi connectivity index (χ0v) is 10.5. The Morgan fingerprint density at radius 1 is 1.47 bits per heavy atom. The lowest BCUT2D eigenvalue weighted by Gasteiger charge is -2.34. The van der Waals surface area contributed by atoms with E-state index in [1.165, 1.54) is 36.1 Å². The molecule has 0 aromatic carbocycles. The summed E-state index contributed by atoms with van der Waals surface area (Å²) < 4.78 is 0. The molecule has 84 valence electrons. The van der Waals surface area contributed by atoms with Crippen LogP contribution < -0.4 is 5.73 Å². The summed E-state index contributed by atoms with van der Waals surface area (Å²) in [7, 11) is 0. The van der Waals surface area contributed by atoms with Crippen LogP contribution in [0.1, 0.15) is 49.0 Å². The molecule has 1 aromatic heterocycles. The van der Waals surface area contributed by atoms with Gasteiger partial charge in [0.15, 0.2) is 0 Å². The number of rotatable bonds is 2. The Bertz CT molecular complexity index is 318. The molecular weight excluding hydrogens is 202 g/mol. The van der Waals surface area contributed by atoms with Crippen molar-refractivity contribution in [3.8, 4) is 0 Å². The van der Waals surface area contributed by atoms with Crippen molar-refractivity contribution in [1.82, 2.24) is 0 Å². The van der Waals surface area contributed by atoms with Crippen molar-refractivity contribution in [1.29, 1.82) is 0 Å². The summed E-state index contributed by atoms with van der Waals surface area (Å²) in [5.74, 6) is 1.52. The maximum atomic E-state index is 6.26. The van der Waals surface area contributed by atoms with Crippen molar-refractivity contribution < 1.29 is 0 Å². The molecule has 0 saturated heterocycles. The van der Waals surface area contributed by atoms with Crippen LogP contribution in [0.25, 0.3) is 0 Å². The van der Waals surface area contributed by atoms with Crippen molar-refractivity contribution in [2.45, 2.75) is 51.5 Å². The molecule has 1 nitrogen and oxygen atoms in total. The molecule has 0 aliphatic heterocycles. The van der Waals surface area contributed by atoms with E-state index < -0.39 is 0 Å². The first-order valence-electron chi connectivity index (χ1n) is 6.02. The van der Waals surface area contributed by atoms with Crippen LogP contribution in [0.5, 0.6) is 0 Å². The monoisotopic (exact) mass is 223 g/mol. The largest absolute Gasteiger partial charge is 0.327 e. The van der Waals surface area contributed by atoms with Crippen LogP contribution in [0, 0.1) is 12.8 Å². The highest BCUT2D eigenvalue weighted by molar-refractivity contribution is 7.10. The minimum Gasteiger partial charge on any atom is -0.327 e. The fourth-order valence-electron chi connectivity index (χ4n) is 2.79. The minimum absolute atomic E-state index is 0.390. The fourth-order valence-corrected chi connectivity index (χ4v) is 3.56. The van der Waals surface area contributed by atoms with Crippen molar-refractivity contribution in [2.75, 3.05) is 0 Å². The molecule has 1 aliphatic carbocycles. The summed E-state index contributed by atoms with van der Waals surface area (Å²) in [6, 6.07) is 2.67. The number of nitrogens with two attached hydrogens (primary N) is 1. The normalized spacial score (nSPS) is 31.8. The molecule has 2 rings (SSSR count). The number of hydrogen-bond acceptors (Lipinski definition) is 2. The SMILES string of the molecule is CCC1CCC(N)C(c2ccsc2C)C1. The predicted molar refractivity (Wildman–Crippen MR) is 67.4 cm³/mol.